The molecular formula is C18H19N3O6S. The van der Waals surface area contributed by atoms with Gasteiger partial charge in [0.15, 0.2) is 9.92 Å². The third kappa shape index (κ3) is 5.61. The number of rotatable bonds is 4. The molecule has 0 radical (unpaired) electrons. The van der Waals surface area contributed by atoms with Crippen molar-refractivity contribution in [1.82, 2.24) is 4.72 Å². The molecule has 10 heteroatoms. The molecule has 0 aliphatic heterocycles. The van der Waals surface area contributed by atoms with Crippen molar-refractivity contribution >= 4 is 27.6 Å². The molecule has 9 nitrogen and oxygen atoms in total. The lowest BCUT2D eigenvalue weighted by molar-refractivity contribution is -0.384. The summed E-state index contributed by atoms with van der Waals surface area (Å²) in [5.74, 6) is -0.809. The van der Waals surface area contributed by atoms with Gasteiger partial charge >= 0.3 is 6.09 Å². The number of amides is 2. The van der Waals surface area contributed by atoms with Crippen LogP contribution in [0.1, 0.15) is 31.1 Å². The van der Waals surface area contributed by atoms with Crippen LogP contribution in [0, 0.1) is 10.1 Å². The molecule has 0 saturated carbocycles. The molecule has 1 atom stereocenters. The average Bonchev–Trinajstić information content (AvgIpc) is 2.60. The second-order valence-corrected chi connectivity index (χ2v) is 8.56. The fraction of sp³-hybridized carbons (Fsp3) is 0.222. The van der Waals surface area contributed by atoms with Crippen LogP contribution in [-0.4, -0.2) is 26.7 Å². The van der Waals surface area contributed by atoms with Crippen LogP contribution in [0.5, 0.6) is 0 Å². The van der Waals surface area contributed by atoms with Gasteiger partial charge in [0.2, 0.25) is 0 Å². The number of carbonyl (C=O) groups excluding carboxylic acids is 2. The molecule has 1 N–H and O–H groups in total. The van der Waals surface area contributed by atoms with Crippen LogP contribution >= 0.6 is 0 Å². The van der Waals surface area contributed by atoms with Crippen molar-refractivity contribution in [3.05, 3.63) is 70.3 Å². The van der Waals surface area contributed by atoms with Gasteiger partial charge in [0.25, 0.3) is 11.6 Å². The van der Waals surface area contributed by atoms with Crippen molar-refractivity contribution in [3.63, 3.8) is 0 Å². The van der Waals surface area contributed by atoms with Gasteiger partial charge in [0.05, 0.1) is 9.82 Å². The molecule has 2 aromatic carbocycles. The SMILES string of the molecule is CC(C)(C)OC(=O)N=S(=O)(NC(=O)c1ccc([N+](=O)[O-])cc1)c1ccccc1. The summed E-state index contributed by atoms with van der Waals surface area (Å²) in [6.45, 7) is 4.88. The Bertz CT molecular complexity index is 1000. The summed E-state index contributed by atoms with van der Waals surface area (Å²) in [4.78, 5) is 34.8. The Morgan fingerprint density at radius 1 is 1.07 bits per heavy atom. The Morgan fingerprint density at radius 2 is 1.64 bits per heavy atom. The number of non-ortho nitro benzene ring substituents is 1. The predicted molar refractivity (Wildman–Crippen MR) is 102 cm³/mol. The van der Waals surface area contributed by atoms with E-state index < -0.39 is 32.4 Å². The number of carbonyl (C=O) groups is 2. The topological polar surface area (TPSA) is 128 Å². The molecule has 148 valence electrons. The van der Waals surface area contributed by atoms with Gasteiger partial charge in [-0.15, -0.1) is 4.36 Å². The van der Waals surface area contributed by atoms with E-state index in [-0.39, 0.29) is 16.1 Å². The van der Waals surface area contributed by atoms with Crippen LogP contribution < -0.4 is 4.72 Å². The highest BCUT2D eigenvalue weighted by atomic mass is 32.2. The van der Waals surface area contributed by atoms with E-state index in [4.69, 9.17) is 4.74 Å². The molecule has 0 heterocycles. The maximum absolute atomic E-state index is 13.3. The summed E-state index contributed by atoms with van der Waals surface area (Å²) < 4.78 is 24.3. The maximum Gasteiger partial charge on any atom is 0.444 e. The number of benzene rings is 2. The third-order valence-electron chi connectivity index (χ3n) is 3.23. The van der Waals surface area contributed by atoms with E-state index in [1.54, 1.807) is 39.0 Å². The molecule has 0 bridgehead atoms. The standard InChI is InChI=1S/C18H19N3O6S/c1-18(2,3)27-17(23)20-28(26,15-7-5-4-6-8-15)19-16(22)13-9-11-14(12-10-13)21(24)25/h4-12H,1-3H3,(H,19,20,22,23,26). The van der Waals surface area contributed by atoms with Gasteiger partial charge in [-0.05, 0) is 45.0 Å². The van der Waals surface area contributed by atoms with E-state index in [1.165, 1.54) is 24.3 Å². The lowest BCUT2D eigenvalue weighted by Gasteiger charge is -2.18. The first-order valence-corrected chi connectivity index (χ1v) is 9.63. The van der Waals surface area contributed by atoms with Crippen LogP contribution in [0.2, 0.25) is 0 Å². The minimum absolute atomic E-state index is 0.0219. The quantitative estimate of drug-likeness (QED) is 0.610. The number of ether oxygens (including phenoxy) is 1. The fourth-order valence-electron chi connectivity index (χ4n) is 2.04. The highest BCUT2D eigenvalue weighted by Gasteiger charge is 2.23. The van der Waals surface area contributed by atoms with Crippen molar-refractivity contribution in [2.75, 3.05) is 0 Å². The first-order chi connectivity index (χ1) is 13.0. The van der Waals surface area contributed by atoms with Crippen molar-refractivity contribution in [2.45, 2.75) is 31.3 Å². The second-order valence-electron chi connectivity index (χ2n) is 6.65. The highest BCUT2D eigenvalue weighted by Crippen LogP contribution is 2.16. The Hall–Kier alpha value is -3.27. The zero-order valence-corrected chi connectivity index (χ0v) is 16.3. The monoisotopic (exact) mass is 405 g/mol. The molecule has 2 amide bonds. The Labute approximate surface area is 162 Å². The fourth-order valence-corrected chi connectivity index (χ4v) is 3.46. The number of hydrogen-bond donors (Lipinski definition) is 1. The lowest BCUT2D eigenvalue weighted by Crippen LogP contribution is -2.32. The van der Waals surface area contributed by atoms with Crippen LogP contribution in [0.3, 0.4) is 0 Å². The average molecular weight is 405 g/mol. The second kappa shape index (κ2) is 8.17. The molecule has 0 saturated heterocycles. The van der Waals surface area contributed by atoms with Crippen LogP contribution in [-0.2, 0) is 14.7 Å². The van der Waals surface area contributed by atoms with E-state index in [0.29, 0.717) is 0 Å². The summed E-state index contributed by atoms with van der Waals surface area (Å²) in [5, 5.41) is 10.7. The maximum atomic E-state index is 13.3. The lowest BCUT2D eigenvalue weighted by atomic mass is 10.2. The minimum Gasteiger partial charge on any atom is -0.442 e. The van der Waals surface area contributed by atoms with E-state index in [0.717, 1.165) is 12.1 Å². The van der Waals surface area contributed by atoms with Crippen molar-refractivity contribution in [1.29, 1.82) is 0 Å². The summed E-state index contributed by atoms with van der Waals surface area (Å²) >= 11 is 0. The van der Waals surface area contributed by atoms with E-state index >= 15 is 0 Å². The summed E-state index contributed by atoms with van der Waals surface area (Å²) in [5.41, 5.74) is -1.03. The van der Waals surface area contributed by atoms with Crippen molar-refractivity contribution < 1.29 is 23.5 Å². The number of nitrogens with zero attached hydrogens (tertiary/aromatic N) is 2. The van der Waals surface area contributed by atoms with Crippen LogP contribution in [0.25, 0.3) is 0 Å². The molecule has 0 aliphatic rings. The molecule has 1 unspecified atom stereocenters. The number of hydrogen-bond acceptors (Lipinski definition) is 6. The zero-order chi connectivity index (χ0) is 20.9. The van der Waals surface area contributed by atoms with Crippen molar-refractivity contribution in [3.8, 4) is 0 Å². The van der Waals surface area contributed by atoms with Gasteiger partial charge in [-0.3, -0.25) is 19.6 Å². The number of nitrogens with one attached hydrogen (secondary N) is 1. The van der Waals surface area contributed by atoms with Crippen LogP contribution in [0.4, 0.5) is 10.5 Å². The minimum atomic E-state index is -3.70. The van der Waals surface area contributed by atoms with Gasteiger partial charge < -0.3 is 4.74 Å². The summed E-state index contributed by atoms with van der Waals surface area (Å²) in [7, 11) is -3.70. The normalized spacial score (nSPS) is 13.1. The van der Waals surface area contributed by atoms with Gasteiger partial charge in [0.1, 0.15) is 5.60 Å². The first-order valence-electron chi connectivity index (χ1n) is 8.12. The van der Waals surface area contributed by atoms with Crippen molar-refractivity contribution in [2.24, 2.45) is 4.36 Å². The Kier molecular flexibility index (Phi) is 6.14. The molecule has 0 aliphatic carbocycles. The van der Waals surface area contributed by atoms with E-state index in [9.17, 15) is 23.9 Å². The van der Waals surface area contributed by atoms with Gasteiger partial charge in [-0.25, -0.2) is 9.00 Å². The number of nitro benzene ring substituents is 1. The Morgan fingerprint density at radius 3 is 2.14 bits per heavy atom. The van der Waals surface area contributed by atoms with Gasteiger partial charge in [-0.1, -0.05) is 18.2 Å². The molecule has 28 heavy (non-hydrogen) atoms. The molecular weight excluding hydrogens is 386 g/mol. The molecule has 0 fully saturated rings. The third-order valence-corrected chi connectivity index (χ3v) is 5.01. The molecule has 2 aromatic rings. The molecule has 2 rings (SSSR count). The van der Waals surface area contributed by atoms with E-state index in [1.807, 2.05) is 0 Å². The van der Waals surface area contributed by atoms with E-state index in [2.05, 4.69) is 9.08 Å². The van der Waals surface area contributed by atoms with Gasteiger partial charge in [0, 0.05) is 17.7 Å². The van der Waals surface area contributed by atoms with Gasteiger partial charge in [-0.2, -0.15) is 0 Å². The van der Waals surface area contributed by atoms with Crippen LogP contribution in [0.15, 0.2) is 63.9 Å². The summed E-state index contributed by atoms with van der Waals surface area (Å²) in [6, 6.07) is 12.5. The first kappa shape index (κ1) is 21.0. The largest absolute Gasteiger partial charge is 0.444 e. The smallest absolute Gasteiger partial charge is 0.442 e. The zero-order valence-electron chi connectivity index (χ0n) is 15.4. The molecule has 0 aromatic heterocycles. The summed E-state index contributed by atoms with van der Waals surface area (Å²) in [6.07, 6.45) is -1.09. The molecule has 0 spiro atoms. The highest BCUT2D eigenvalue weighted by molar-refractivity contribution is 7.92. The number of nitro groups is 1. The predicted octanol–water partition coefficient (Wildman–Crippen LogP) is 3.70. The Balaban J connectivity index is 2.40.